The number of hydrogen-bond donors (Lipinski definition) is 0. The van der Waals surface area contributed by atoms with Crippen LogP contribution < -0.4 is 4.74 Å². The van der Waals surface area contributed by atoms with E-state index in [0.717, 1.165) is 49.7 Å². The molecule has 4 rings (SSSR count). The van der Waals surface area contributed by atoms with Crippen molar-refractivity contribution in [1.29, 1.82) is 10.5 Å². The molecule has 0 atom stereocenters. The third kappa shape index (κ3) is 8.34. The standard InChI is InChI=1S/C35H30F2N2O2/c36-33-21-25(13-19-31(33)28-14-9-26(23-38)10-15-28)7-5-3-1-2-4-6-8-35(40)41-30-18-20-32(34(37)22-30)29-16-11-27(24-39)12-17-29/h9-22H,1-8H2. The largest absolute Gasteiger partial charge is 0.426 e. The lowest BCUT2D eigenvalue weighted by Gasteiger charge is -2.08. The first kappa shape index (κ1) is 29.2. The molecule has 41 heavy (non-hydrogen) atoms. The average molecular weight is 549 g/mol. The number of unbranched alkanes of at least 4 members (excludes halogenated alkanes) is 5. The Kier molecular flexibility index (Phi) is 10.3. The van der Waals surface area contributed by atoms with Gasteiger partial charge in [0.2, 0.25) is 0 Å². The minimum atomic E-state index is -0.495. The zero-order valence-electron chi connectivity index (χ0n) is 22.7. The average Bonchev–Trinajstić information content (AvgIpc) is 2.99. The number of rotatable bonds is 12. The van der Waals surface area contributed by atoms with Crippen molar-refractivity contribution in [3.8, 4) is 40.1 Å². The van der Waals surface area contributed by atoms with Gasteiger partial charge in [0.05, 0.1) is 23.3 Å². The fourth-order valence-corrected chi connectivity index (χ4v) is 4.68. The number of benzene rings is 4. The molecule has 0 spiro atoms. The number of carbonyl (C=O) groups is 1. The van der Waals surface area contributed by atoms with Gasteiger partial charge >= 0.3 is 5.97 Å². The Morgan fingerprint density at radius 2 is 1.15 bits per heavy atom. The zero-order valence-corrected chi connectivity index (χ0v) is 22.7. The molecule has 0 radical (unpaired) electrons. The van der Waals surface area contributed by atoms with Gasteiger partial charge < -0.3 is 4.74 Å². The third-order valence-corrected chi connectivity index (χ3v) is 6.95. The maximum absolute atomic E-state index is 14.6. The first-order valence-corrected chi connectivity index (χ1v) is 13.8. The molecule has 0 amide bonds. The van der Waals surface area contributed by atoms with Gasteiger partial charge in [-0.05, 0) is 78.4 Å². The molecule has 6 heteroatoms. The molecule has 206 valence electrons. The van der Waals surface area contributed by atoms with Crippen LogP contribution in [-0.2, 0) is 11.2 Å². The maximum Gasteiger partial charge on any atom is 0.311 e. The van der Waals surface area contributed by atoms with Crippen LogP contribution >= 0.6 is 0 Å². The van der Waals surface area contributed by atoms with Gasteiger partial charge in [-0.3, -0.25) is 4.79 Å². The molecular weight excluding hydrogens is 518 g/mol. The zero-order chi connectivity index (χ0) is 29.0. The predicted octanol–water partition coefficient (Wildman–Crippen LogP) is 8.92. The molecule has 0 aliphatic rings. The summed E-state index contributed by atoms with van der Waals surface area (Å²) in [4.78, 5) is 12.2. The van der Waals surface area contributed by atoms with Crippen LogP contribution in [0.5, 0.6) is 5.75 Å². The number of aryl methyl sites for hydroxylation is 1. The van der Waals surface area contributed by atoms with Crippen LogP contribution in [0.1, 0.15) is 61.6 Å². The topological polar surface area (TPSA) is 73.9 Å². The monoisotopic (exact) mass is 548 g/mol. The summed E-state index contributed by atoms with van der Waals surface area (Å²) in [5.74, 6) is -0.970. The van der Waals surface area contributed by atoms with Gasteiger partial charge in [-0.25, -0.2) is 8.78 Å². The molecule has 0 N–H and O–H groups in total. The van der Waals surface area contributed by atoms with Crippen LogP contribution in [0.25, 0.3) is 22.3 Å². The lowest BCUT2D eigenvalue weighted by molar-refractivity contribution is -0.134. The normalized spacial score (nSPS) is 10.5. The van der Waals surface area contributed by atoms with Crippen molar-refractivity contribution in [1.82, 2.24) is 0 Å². The van der Waals surface area contributed by atoms with Gasteiger partial charge in [-0.2, -0.15) is 10.5 Å². The Balaban J connectivity index is 1.11. The minimum Gasteiger partial charge on any atom is -0.426 e. The molecule has 4 aromatic carbocycles. The Morgan fingerprint density at radius 3 is 1.68 bits per heavy atom. The van der Waals surface area contributed by atoms with E-state index in [1.807, 2.05) is 12.1 Å². The maximum atomic E-state index is 14.6. The molecule has 0 aliphatic carbocycles. The summed E-state index contributed by atoms with van der Waals surface area (Å²) in [5, 5.41) is 17.8. The van der Waals surface area contributed by atoms with E-state index < -0.39 is 5.82 Å². The fourth-order valence-electron chi connectivity index (χ4n) is 4.68. The van der Waals surface area contributed by atoms with E-state index in [1.165, 1.54) is 6.07 Å². The van der Waals surface area contributed by atoms with E-state index in [2.05, 4.69) is 6.07 Å². The smallest absolute Gasteiger partial charge is 0.311 e. The Hall–Kier alpha value is -4.81. The number of nitrogens with zero attached hydrogens (tertiary/aromatic N) is 2. The first-order chi connectivity index (χ1) is 20.0. The van der Waals surface area contributed by atoms with E-state index >= 15 is 0 Å². The van der Waals surface area contributed by atoms with Crippen molar-refractivity contribution in [3.63, 3.8) is 0 Å². The molecule has 0 unspecified atom stereocenters. The summed E-state index contributed by atoms with van der Waals surface area (Å²) in [5.41, 5.74) is 4.31. The molecule has 0 bridgehead atoms. The second-order valence-electron chi connectivity index (χ2n) is 9.93. The van der Waals surface area contributed by atoms with Gasteiger partial charge in [0.25, 0.3) is 0 Å². The van der Waals surface area contributed by atoms with Gasteiger partial charge in [0.1, 0.15) is 17.4 Å². The van der Waals surface area contributed by atoms with Crippen molar-refractivity contribution in [3.05, 3.63) is 113 Å². The molecule has 0 aliphatic heterocycles. The van der Waals surface area contributed by atoms with Crippen LogP contribution in [0.3, 0.4) is 0 Å². The minimum absolute atomic E-state index is 0.172. The van der Waals surface area contributed by atoms with Crippen molar-refractivity contribution >= 4 is 5.97 Å². The highest BCUT2D eigenvalue weighted by molar-refractivity contribution is 5.73. The van der Waals surface area contributed by atoms with Gasteiger partial charge in [0, 0.05) is 23.6 Å². The number of hydrogen-bond acceptors (Lipinski definition) is 4. The predicted molar refractivity (Wildman–Crippen MR) is 155 cm³/mol. The van der Waals surface area contributed by atoms with Crippen molar-refractivity contribution < 1.29 is 18.3 Å². The summed E-state index contributed by atoms with van der Waals surface area (Å²) in [6.07, 6.45) is 6.68. The van der Waals surface area contributed by atoms with Crippen LogP contribution in [0.2, 0.25) is 0 Å². The van der Waals surface area contributed by atoms with Crippen molar-refractivity contribution in [2.24, 2.45) is 0 Å². The van der Waals surface area contributed by atoms with Gasteiger partial charge in [-0.15, -0.1) is 0 Å². The van der Waals surface area contributed by atoms with Crippen LogP contribution in [0.4, 0.5) is 8.78 Å². The third-order valence-electron chi connectivity index (χ3n) is 6.95. The highest BCUT2D eigenvalue weighted by Gasteiger charge is 2.11. The summed E-state index contributed by atoms with van der Waals surface area (Å²) in [6, 6.07) is 27.3. The lowest BCUT2D eigenvalue weighted by atomic mass is 9.99. The van der Waals surface area contributed by atoms with E-state index in [0.29, 0.717) is 34.2 Å². The quantitative estimate of drug-likeness (QED) is 0.101. The van der Waals surface area contributed by atoms with Crippen LogP contribution in [0.15, 0.2) is 84.9 Å². The van der Waals surface area contributed by atoms with E-state index in [-0.39, 0.29) is 24.0 Å². The molecule has 0 fully saturated rings. The number of halogens is 2. The molecule has 0 heterocycles. The molecule has 0 aromatic heterocycles. The SMILES string of the molecule is N#Cc1ccc(-c2ccc(CCCCCCCCC(=O)Oc3ccc(-c4ccc(C#N)cc4)c(F)c3)cc2F)cc1. The second kappa shape index (κ2) is 14.5. The number of ether oxygens (including phenoxy) is 1. The molecule has 0 saturated carbocycles. The molecule has 4 aromatic rings. The molecule has 4 nitrogen and oxygen atoms in total. The first-order valence-electron chi connectivity index (χ1n) is 13.8. The Labute approximate surface area is 239 Å². The van der Waals surface area contributed by atoms with Gasteiger partial charge in [-0.1, -0.05) is 62.1 Å². The Morgan fingerprint density at radius 1 is 0.634 bits per heavy atom. The van der Waals surface area contributed by atoms with E-state index in [9.17, 15) is 13.6 Å². The summed E-state index contributed by atoms with van der Waals surface area (Å²) in [7, 11) is 0. The fraction of sp³-hybridized carbons (Fsp3) is 0.229. The summed E-state index contributed by atoms with van der Waals surface area (Å²) < 4.78 is 34.5. The highest BCUT2D eigenvalue weighted by atomic mass is 19.1. The van der Waals surface area contributed by atoms with Crippen LogP contribution in [-0.4, -0.2) is 5.97 Å². The van der Waals surface area contributed by atoms with Gasteiger partial charge in [0.15, 0.2) is 0 Å². The van der Waals surface area contributed by atoms with E-state index in [1.54, 1.807) is 72.8 Å². The highest BCUT2D eigenvalue weighted by Crippen LogP contribution is 2.27. The van der Waals surface area contributed by atoms with Crippen LogP contribution in [0, 0.1) is 34.3 Å². The Bertz CT molecular complexity index is 1570. The lowest BCUT2D eigenvalue weighted by Crippen LogP contribution is -2.07. The number of esters is 1. The van der Waals surface area contributed by atoms with Crippen molar-refractivity contribution in [2.45, 2.75) is 51.4 Å². The number of carbonyl (C=O) groups excluding carboxylic acids is 1. The van der Waals surface area contributed by atoms with E-state index in [4.69, 9.17) is 15.3 Å². The second-order valence-corrected chi connectivity index (χ2v) is 9.93. The molecular formula is C35H30F2N2O2. The summed E-state index contributed by atoms with van der Waals surface area (Å²) >= 11 is 0. The summed E-state index contributed by atoms with van der Waals surface area (Å²) in [6.45, 7) is 0. The molecule has 0 saturated heterocycles. The number of nitriles is 2. The van der Waals surface area contributed by atoms with Crippen molar-refractivity contribution in [2.75, 3.05) is 0 Å².